The Labute approximate surface area is 159 Å². The van der Waals surface area contributed by atoms with Crippen molar-refractivity contribution in [1.82, 2.24) is 5.32 Å². The predicted octanol–water partition coefficient (Wildman–Crippen LogP) is 3.15. The van der Waals surface area contributed by atoms with Crippen molar-refractivity contribution in [1.29, 1.82) is 0 Å². The molecular weight excluding hydrogens is 368 g/mol. The summed E-state index contributed by atoms with van der Waals surface area (Å²) in [5, 5.41) is 15.9. The first-order valence-corrected chi connectivity index (χ1v) is 8.96. The summed E-state index contributed by atoms with van der Waals surface area (Å²) in [4.78, 5) is 38.9. The fourth-order valence-electron chi connectivity index (χ4n) is 2.48. The van der Waals surface area contributed by atoms with Crippen molar-refractivity contribution >= 4 is 45.8 Å². The zero-order valence-electron chi connectivity index (χ0n) is 14.3. The maximum atomic E-state index is 12.2. The number of nitro groups is 1. The number of amidine groups is 1. The van der Waals surface area contributed by atoms with Crippen LogP contribution in [0.15, 0.2) is 53.5 Å². The minimum Gasteiger partial charge on any atom is -0.326 e. The maximum Gasteiger partial charge on any atom is 0.271 e. The fourth-order valence-corrected chi connectivity index (χ4v) is 3.47. The lowest BCUT2D eigenvalue weighted by Crippen LogP contribution is -2.28. The summed E-state index contributed by atoms with van der Waals surface area (Å²) < 4.78 is 0. The molecule has 0 saturated carbocycles. The van der Waals surface area contributed by atoms with E-state index in [-0.39, 0.29) is 18.0 Å². The van der Waals surface area contributed by atoms with Gasteiger partial charge in [-0.25, -0.2) is 4.99 Å². The Morgan fingerprint density at radius 2 is 2.07 bits per heavy atom. The van der Waals surface area contributed by atoms with Crippen molar-refractivity contribution < 1.29 is 14.5 Å². The lowest BCUT2D eigenvalue weighted by molar-refractivity contribution is -0.384. The van der Waals surface area contributed by atoms with Gasteiger partial charge in [-0.15, -0.1) is 0 Å². The Balaban J connectivity index is 1.62. The number of thioether (sulfide) groups is 1. The smallest absolute Gasteiger partial charge is 0.271 e. The molecule has 2 aromatic carbocycles. The van der Waals surface area contributed by atoms with Crippen LogP contribution in [0.25, 0.3) is 0 Å². The van der Waals surface area contributed by atoms with E-state index in [0.29, 0.717) is 10.9 Å². The standard InChI is InChI=1S/C18H16N4O4S/c1-11-4-2-5-12(8-11)20-18-21-17(24)15(27-18)10-16(23)19-13-6-3-7-14(9-13)22(25)26/h2-9,15H,10H2,1H3,(H,19,23)(H,20,21,24)/t15-/m1/s1. The van der Waals surface area contributed by atoms with Crippen LogP contribution in [0.3, 0.4) is 0 Å². The van der Waals surface area contributed by atoms with Gasteiger partial charge in [0.25, 0.3) is 5.69 Å². The second-order valence-corrected chi connectivity index (χ2v) is 7.10. The van der Waals surface area contributed by atoms with Crippen LogP contribution in [0.5, 0.6) is 0 Å². The summed E-state index contributed by atoms with van der Waals surface area (Å²) in [6, 6.07) is 13.2. The number of anilines is 1. The van der Waals surface area contributed by atoms with Gasteiger partial charge in [0.15, 0.2) is 5.17 Å². The summed E-state index contributed by atoms with van der Waals surface area (Å²) >= 11 is 1.19. The SMILES string of the molecule is Cc1cccc(N=C2NC(=O)[C@@H](CC(=O)Nc3cccc([N+](=O)[O-])c3)S2)c1. The number of nitro benzene ring substituents is 1. The Morgan fingerprint density at radius 1 is 1.30 bits per heavy atom. The summed E-state index contributed by atoms with van der Waals surface area (Å²) in [5.74, 6) is -0.694. The Hall–Kier alpha value is -3.20. The van der Waals surface area contributed by atoms with E-state index in [1.807, 2.05) is 31.2 Å². The minimum atomic E-state index is -0.604. The van der Waals surface area contributed by atoms with Gasteiger partial charge < -0.3 is 10.6 Å². The van der Waals surface area contributed by atoms with Gasteiger partial charge in [0, 0.05) is 24.2 Å². The number of aryl methyl sites for hydroxylation is 1. The number of nitrogens with one attached hydrogen (secondary N) is 2. The topological polar surface area (TPSA) is 114 Å². The third kappa shape index (κ3) is 4.91. The quantitative estimate of drug-likeness (QED) is 0.607. The highest BCUT2D eigenvalue weighted by atomic mass is 32.2. The number of rotatable bonds is 5. The zero-order valence-corrected chi connectivity index (χ0v) is 15.2. The second kappa shape index (κ2) is 8.00. The molecule has 0 bridgehead atoms. The number of aliphatic imine (C=N–C) groups is 1. The zero-order chi connectivity index (χ0) is 19.4. The van der Waals surface area contributed by atoms with Crippen molar-refractivity contribution in [3.63, 3.8) is 0 Å². The lowest BCUT2D eigenvalue weighted by Gasteiger charge is -2.07. The molecular formula is C18H16N4O4S. The van der Waals surface area contributed by atoms with Crippen LogP contribution in [0, 0.1) is 17.0 Å². The molecule has 0 aromatic heterocycles. The number of hydrogen-bond acceptors (Lipinski definition) is 6. The molecule has 0 radical (unpaired) electrons. The highest BCUT2D eigenvalue weighted by molar-refractivity contribution is 8.15. The molecule has 0 unspecified atom stereocenters. The van der Waals surface area contributed by atoms with Crippen molar-refractivity contribution in [2.45, 2.75) is 18.6 Å². The van der Waals surface area contributed by atoms with Crippen LogP contribution in [-0.2, 0) is 9.59 Å². The molecule has 0 spiro atoms. The fraction of sp³-hybridized carbons (Fsp3) is 0.167. The third-order valence-electron chi connectivity index (χ3n) is 3.72. The maximum absolute atomic E-state index is 12.2. The van der Waals surface area contributed by atoms with E-state index in [1.165, 1.54) is 30.0 Å². The molecule has 1 heterocycles. The molecule has 8 nitrogen and oxygen atoms in total. The van der Waals surface area contributed by atoms with Gasteiger partial charge in [-0.1, -0.05) is 30.0 Å². The van der Waals surface area contributed by atoms with E-state index in [2.05, 4.69) is 15.6 Å². The molecule has 0 aliphatic carbocycles. The Morgan fingerprint density at radius 3 is 2.81 bits per heavy atom. The molecule has 2 aromatic rings. The molecule has 3 rings (SSSR count). The van der Waals surface area contributed by atoms with Crippen LogP contribution in [0.2, 0.25) is 0 Å². The number of carbonyl (C=O) groups is 2. The molecule has 1 atom stereocenters. The summed E-state index contributed by atoms with van der Waals surface area (Å²) in [5.41, 5.74) is 1.97. The average Bonchev–Trinajstić information content (AvgIpc) is 2.94. The first-order valence-electron chi connectivity index (χ1n) is 8.08. The number of non-ortho nitro benzene ring substituents is 1. The van der Waals surface area contributed by atoms with Crippen LogP contribution in [-0.4, -0.2) is 27.2 Å². The molecule has 1 aliphatic rings. The molecule has 2 amide bonds. The third-order valence-corrected chi connectivity index (χ3v) is 4.80. The number of nitrogens with zero attached hydrogens (tertiary/aromatic N) is 2. The van der Waals surface area contributed by atoms with Gasteiger partial charge in [-0.05, 0) is 30.7 Å². The number of amides is 2. The number of hydrogen-bond donors (Lipinski definition) is 2. The van der Waals surface area contributed by atoms with E-state index in [9.17, 15) is 19.7 Å². The minimum absolute atomic E-state index is 0.0635. The van der Waals surface area contributed by atoms with Gasteiger partial charge in [0.05, 0.1) is 10.6 Å². The highest BCUT2D eigenvalue weighted by Gasteiger charge is 2.32. The first-order chi connectivity index (χ1) is 12.9. The van der Waals surface area contributed by atoms with E-state index in [0.717, 1.165) is 11.3 Å². The van der Waals surface area contributed by atoms with Gasteiger partial charge >= 0.3 is 0 Å². The van der Waals surface area contributed by atoms with Crippen molar-refractivity contribution in [2.24, 2.45) is 4.99 Å². The number of carbonyl (C=O) groups excluding carboxylic acids is 2. The van der Waals surface area contributed by atoms with Crippen molar-refractivity contribution in [2.75, 3.05) is 5.32 Å². The summed E-state index contributed by atoms with van der Waals surface area (Å²) in [6.07, 6.45) is -0.0635. The molecule has 1 fully saturated rings. The largest absolute Gasteiger partial charge is 0.326 e. The highest BCUT2D eigenvalue weighted by Crippen LogP contribution is 2.26. The van der Waals surface area contributed by atoms with E-state index < -0.39 is 16.1 Å². The lowest BCUT2D eigenvalue weighted by atomic mass is 10.2. The van der Waals surface area contributed by atoms with Crippen molar-refractivity contribution in [3.8, 4) is 0 Å². The summed E-state index contributed by atoms with van der Waals surface area (Å²) in [7, 11) is 0. The van der Waals surface area contributed by atoms with Gasteiger partial charge in [0.2, 0.25) is 11.8 Å². The Bertz CT molecular complexity index is 944. The van der Waals surface area contributed by atoms with Gasteiger partial charge in [-0.2, -0.15) is 0 Å². The molecule has 1 saturated heterocycles. The molecule has 138 valence electrons. The average molecular weight is 384 g/mol. The molecule has 2 N–H and O–H groups in total. The van der Waals surface area contributed by atoms with Gasteiger partial charge in [0.1, 0.15) is 5.25 Å². The predicted molar refractivity (Wildman–Crippen MR) is 104 cm³/mol. The molecule has 1 aliphatic heterocycles. The monoisotopic (exact) mass is 384 g/mol. The Kier molecular flexibility index (Phi) is 5.51. The first kappa shape index (κ1) is 18.6. The van der Waals surface area contributed by atoms with Crippen LogP contribution < -0.4 is 10.6 Å². The van der Waals surface area contributed by atoms with E-state index >= 15 is 0 Å². The van der Waals surface area contributed by atoms with Crippen LogP contribution in [0.4, 0.5) is 17.1 Å². The normalized spacial score (nSPS) is 17.6. The van der Waals surface area contributed by atoms with Gasteiger partial charge in [-0.3, -0.25) is 19.7 Å². The second-order valence-electron chi connectivity index (χ2n) is 5.91. The van der Waals surface area contributed by atoms with E-state index in [4.69, 9.17) is 0 Å². The number of benzene rings is 2. The molecule has 27 heavy (non-hydrogen) atoms. The van der Waals surface area contributed by atoms with Crippen LogP contribution in [0.1, 0.15) is 12.0 Å². The molecule has 9 heteroatoms. The van der Waals surface area contributed by atoms with Crippen molar-refractivity contribution in [3.05, 3.63) is 64.2 Å². The van der Waals surface area contributed by atoms with E-state index in [1.54, 1.807) is 6.07 Å². The van der Waals surface area contributed by atoms with Crippen LogP contribution >= 0.6 is 11.8 Å². The summed E-state index contributed by atoms with van der Waals surface area (Å²) in [6.45, 7) is 1.95.